The van der Waals surface area contributed by atoms with Crippen molar-refractivity contribution in [3.8, 4) is 45.3 Å². The Labute approximate surface area is 331 Å². The van der Waals surface area contributed by atoms with E-state index in [9.17, 15) is 20.4 Å². The van der Waals surface area contributed by atoms with Crippen molar-refractivity contribution in [2.75, 3.05) is 0 Å². The average Bonchev–Trinajstić information content (AvgIpc) is 3.17. The van der Waals surface area contributed by atoms with Crippen LogP contribution in [-0.4, -0.2) is 20.4 Å². The Morgan fingerprint density at radius 1 is 0.286 bits per heavy atom. The molecule has 0 unspecified atom stereocenters. The van der Waals surface area contributed by atoms with Gasteiger partial charge in [0, 0.05) is 11.8 Å². The highest BCUT2D eigenvalue weighted by Gasteiger charge is 2.24. The molecule has 0 amide bonds. The van der Waals surface area contributed by atoms with E-state index in [1.165, 1.54) is 0 Å². The van der Waals surface area contributed by atoms with Crippen molar-refractivity contribution in [2.24, 2.45) is 0 Å². The fraction of sp³-hybridized carbons (Fsp3) is 0.192. The lowest BCUT2D eigenvalue weighted by Crippen LogP contribution is -2.08. The number of aryl methyl sites for hydroxylation is 8. The molecule has 7 rings (SSSR count). The van der Waals surface area contributed by atoms with Crippen LogP contribution in [0.2, 0.25) is 0 Å². The van der Waals surface area contributed by atoms with Gasteiger partial charge in [-0.1, -0.05) is 91.0 Å². The van der Waals surface area contributed by atoms with Crippen LogP contribution in [0, 0.1) is 55.4 Å². The summed E-state index contributed by atoms with van der Waals surface area (Å²) >= 11 is 0. The van der Waals surface area contributed by atoms with E-state index in [4.69, 9.17) is 0 Å². The molecule has 4 heteroatoms. The van der Waals surface area contributed by atoms with Crippen molar-refractivity contribution in [3.05, 3.63) is 199 Å². The Morgan fingerprint density at radius 2 is 0.554 bits per heavy atom. The Balaban J connectivity index is 1.24. The predicted octanol–water partition coefficient (Wildman–Crippen LogP) is 12.7. The van der Waals surface area contributed by atoms with Gasteiger partial charge in [0.2, 0.25) is 0 Å². The minimum atomic E-state index is -0.0834. The van der Waals surface area contributed by atoms with Crippen LogP contribution in [0.1, 0.15) is 89.7 Å². The van der Waals surface area contributed by atoms with Crippen molar-refractivity contribution in [1.29, 1.82) is 0 Å². The van der Waals surface area contributed by atoms with Gasteiger partial charge in [0.15, 0.2) is 0 Å². The third kappa shape index (κ3) is 7.27. The second kappa shape index (κ2) is 15.1. The molecule has 7 aromatic rings. The summed E-state index contributed by atoms with van der Waals surface area (Å²) in [5, 5.41) is 42.0. The van der Waals surface area contributed by atoms with Crippen LogP contribution in [-0.2, 0) is 0 Å². The molecule has 56 heavy (non-hydrogen) atoms. The lowest BCUT2D eigenvalue weighted by molar-refractivity contribution is 0.469. The van der Waals surface area contributed by atoms with Crippen LogP contribution in [0.4, 0.5) is 0 Å². The van der Waals surface area contributed by atoms with Crippen molar-refractivity contribution in [2.45, 2.75) is 67.2 Å². The van der Waals surface area contributed by atoms with Crippen LogP contribution in [0.5, 0.6) is 23.0 Å². The Morgan fingerprint density at radius 3 is 0.821 bits per heavy atom. The Bertz CT molecular complexity index is 2300. The molecule has 0 heterocycles. The average molecular weight is 739 g/mol. The molecule has 0 aliphatic carbocycles. The first kappa shape index (κ1) is 38.0. The maximum absolute atomic E-state index is 10.5. The second-order valence-corrected chi connectivity index (χ2v) is 15.7. The van der Waals surface area contributed by atoms with Gasteiger partial charge in [-0.3, -0.25) is 0 Å². The van der Waals surface area contributed by atoms with Crippen LogP contribution < -0.4 is 0 Å². The number of rotatable bonds is 8. The SMILES string of the molecule is Cc1cc(C(c2ccc(-c3cccc(-c4ccc(C(c5cc(C)c(O)cc5C)c5cc(C)c(O)cc5C)cc4)c3)cc2)c2cc(C)c(O)cc2C)c(C)cc1O. The first-order chi connectivity index (χ1) is 26.7. The third-order valence-corrected chi connectivity index (χ3v) is 11.6. The van der Waals surface area contributed by atoms with Crippen LogP contribution >= 0.6 is 0 Å². The molecule has 4 N–H and O–H groups in total. The Kier molecular flexibility index (Phi) is 10.3. The number of hydrogen-bond acceptors (Lipinski definition) is 4. The first-order valence-electron chi connectivity index (χ1n) is 19.2. The van der Waals surface area contributed by atoms with Gasteiger partial charge in [-0.25, -0.2) is 0 Å². The zero-order chi connectivity index (χ0) is 40.0. The molecule has 0 saturated carbocycles. The van der Waals surface area contributed by atoms with Gasteiger partial charge in [-0.15, -0.1) is 0 Å². The number of phenolic OH excluding ortho intramolecular Hbond substituents is 4. The lowest BCUT2D eigenvalue weighted by atomic mass is 9.79. The summed E-state index contributed by atoms with van der Waals surface area (Å²) in [6, 6.07) is 41.9. The third-order valence-electron chi connectivity index (χ3n) is 11.6. The monoisotopic (exact) mass is 738 g/mol. The van der Waals surface area contributed by atoms with Crippen molar-refractivity contribution in [1.82, 2.24) is 0 Å². The normalized spacial score (nSPS) is 11.5. The molecular weight excluding hydrogens is 689 g/mol. The van der Waals surface area contributed by atoms with E-state index in [1.807, 2.05) is 79.7 Å². The number of aromatic hydroxyl groups is 4. The van der Waals surface area contributed by atoms with Gasteiger partial charge < -0.3 is 20.4 Å². The maximum Gasteiger partial charge on any atom is 0.118 e. The minimum Gasteiger partial charge on any atom is -0.508 e. The van der Waals surface area contributed by atoms with Crippen molar-refractivity contribution in [3.63, 3.8) is 0 Å². The van der Waals surface area contributed by atoms with Gasteiger partial charge in [-0.2, -0.15) is 0 Å². The smallest absolute Gasteiger partial charge is 0.118 e. The fourth-order valence-electron chi connectivity index (χ4n) is 8.20. The van der Waals surface area contributed by atoms with Gasteiger partial charge in [0.25, 0.3) is 0 Å². The molecular formula is C52H50O4. The molecule has 0 bridgehead atoms. The molecule has 0 saturated heterocycles. The summed E-state index contributed by atoms with van der Waals surface area (Å²) in [5.41, 5.74) is 18.6. The summed E-state index contributed by atoms with van der Waals surface area (Å²) in [5.74, 6) is 0.994. The highest BCUT2D eigenvalue weighted by molar-refractivity contribution is 5.74. The molecule has 4 nitrogen and oxygen atoms in total. The predicted molar refractivity (Wildman–Crippen MR) is 230 cm³/mol. The molecule has 0 fully saturated rings. The van der Waals surface area contributed by atoms with E-state index < -0.39 is 0 Å². The Hall–Kier alpha value is -6.26. The first-order valence-corrected chi connectivity index (χ1v) is 19.2. The topological polar surface area (TPSA) is 80.9 Å². The lowest BCUT2D eigenvalue weighted by Gasteiger charge is -2.25. The summed E-state index contributed by atoms with van der Waals surface area (Å²) in [6.45, 7) is 15.9. The molecule has 0 aliphatic heterocycles. The molecule has 0 atom stereocenters. The summed E-state index contributed by atoms with van der Waals surface area (Å²) in [7, 11) is 0. The van der Waals surface area contributed by atoms with Crippen molar-refractivity contribution < 1.29 is 20.4 Å². The van der Waals surface area contributed by atoms with Crippen LogP contribution in [0.25, 0.3) is 22.3 Å². The summed E-state index contributed by atoms with van der Waals surface area (Å²) in [6.07, 6.45) is 0. The van der Waals surface area contributed by atoms with Gasteiger partial charge >= 0.3 is 0 Å². The number of phenols is 4. The fourth-order valence-corrected chi connectivity index (χ4v) is 8.20. The highest BCUT2D eigenvalue weighted by atomic mass is 16.3. The summed E-state index contributed by atoms with van der Waals surface area (Å²) in [4.78, 5) is 0. The van der Waals surface area contributed by atoms with Crippen LogP contribution in [0.3, 0.4) is 0 Å². The molecule has 282 valence electrons. The quantitative estimate of drug-likeness (QED) is 0.117. The molecule has 0 spiro atoms. The van der Waals surface area contributed by atoms with E-state index in [2.05, 4.69) is 97.1 Å². The highest BCUT2D eigenvalue weighted by Crippen LogP contribution is 2.42. The van der Waals surface area contributed by atoms with Crippen molar-refractivity contribution >= 4 is 0 Å². The standard InChI is InChI=1S/C52H50O4/c1-29-24-47(53)33(5)20-43(29)51(44-21-34(6)48(54)25-30(44)2)39-16-12-37(13-17-39)41-10-9-11-42(28-41)38-14-18-40(19-15-38)52(45-22-35(7)49(55)26-31(45)3)46-23-36(8)50(56)27-32(46)4/h9-28,51-56H,1-8H3. The molecule has 0 radical (unpaired) electrons. The largest absolute Gasteiger partial charge is 0.508 e. The van der Waals surface area contributed by atoms with E-state index in [-0.39, 0.29) is 11.8 Å². The molecule has 0 aromatic heterocycles. The van der Waals surface area contributed by atoms with E-state index >= 15 is 0 Å². The van der Waals surface area contributed by atoms with Gasteiger partial charge in [0.05, 0.1) is 0 Å². The minimum absolute atomic E-state index is 0.0834. The number of hydrogen-bond donors (Lipinski definition) is 4. The summed E-state index contributed by atoms with van der Waals surface area (Å²) < 4.78 is 0. The number of benzene rings is 7. The second-order valence-electron chi connectivity index (χ2n) is 15.7. The van der Waals surface area contributed by atoms with E-state index in [0.717, 1.165) is 100 Å². The van der Waals surface area contributed by atoms with Gasteiger partial charge in [0.1, 0.15) is 23.0 Å². The molecule has 7 aromatic carbocycles. The zero-order valence-corrected chi connectivity index (χ0v) is 33.5. The van der Waals surface area contributed by atoms with Gasteiger partial charge in [-0.05, 0) is 186 Å². The molecule has 0 aliphatic rings. The maximum atomic E-state index is 10.5. The van der Waals surface area contributed by atoms with Crippen LogP contribution in [0.15, 0.2) is 121 Å². The van der Waals surface area contributed by atoms with E-state index in [0.29, 0.717) is 23.0 Å². The van der Waals surface area contributed by atoms with E-state index in [1.54, 1.807) is 0 Å². The zero-order valence-electron chi connectivity index (χ0n) is 33.5.